The molecule has 9 nitrogen and oxygen atoms in total. The van der Waals surface area contributed by atoms with Crippen LogP contribution in [-0.4, -0.2) is 59.2 Å². The Hall–Kier alpha value is -3.63. The summed E-state index contributed by atoms with van der Waals surface area (Å²) in [7, 11) is 2.09. The van der Waals surface area contributed by atoms with Gasteiger partial charge in [-0.3, -0.25) is 14.6 Å². The third-order valence-corrected chi connectivity index (χ3v) is 7.04. The first kappa shape index (κ1) is 30.3. The van der Waals surface area contributed by atoms with Crippen molar-refractivity contribution in [1.29, 1.82) is 0 Å². The average molecular weight is 562 g/mol. The fraction of sp³-hybridized carbons (Fsp3) is 0.406. The Kier molecular flexibility index (Phi) is 11.0. The number of likely N-dealkylation sites (N-methyl/N-ethyl adjacent to an activating group) is 1. The second-order valence-corrected chi connectivity index (χ2v) is 10.4. The minimum absolute atomic E-state index is 0.00328. The summed E-state index contributed by atoms with van der Waals surface area (Å²) in [6.45, 7) is 4.71. The molecule has 0 spiro atoms. The number of pyridine rings is 1. The largest absolute Gasteiger partial charge is 0.453 e. The van der Waals surface area contributed by atoms with Crippen LogP contribution in [-0.2, 0) is 43.4 Å². The number of nitrogens with one attached hydrogen (secondary N) is 1. The zero-order valence-corrected chi connectivity index (χ0v) is 23.9. The van der Waals surface area contributed by atoms with E-state index < -0.39 is 18.4 Å². The van der Waals surface area contributed by atoms with Crippen molar-refractivity contribution in [2.45, 2.75) is 64.4 Å². The summed E-state index contributed by atoms with van der Waals surface area (Å²) in [4.78, 5) is 30.0. The molecule has 0 aliphatic carbocycles. The number of aromatic nitrogens is 1. The first-order valence-corrected chi connectivity index (χ1v) is 13.9. The van der Waals surface area contributed by atoms with E-state index in [1.807, 2.05) is 72.9 Å². The average Bonchev–Trinajstić information content (AvgIpc) is 2.99. The molecule has 2 aromatic carbocycles. The van der Waals surface area contributed by atoms with Crippen molar-refractivity contribution in [3.63, 3.8) is 0 Å². The van der Waals surface area contributed by atoms with Crippen molar-refractivity contribution >= 4 is 11.9 Å². The Balaban J connectivity index is 1.41. The smallest absolute Gasteiger partial charge is 0.303 e. The van der Waals surface area contributed by atoms with Crippen LogP contribution in [0.5, 0.6) is 0 Å². The maximum Gasteiger partial charge on any atom is 0.303 e. The number of aliphatic hydroxyl groups excluding tert-OH is 1. The number of ether oxygens (including phenoxy) is 3. The van der Waals surface area contributed by atoms with Gasteiger partial charge in [0.05, 0.1) is 18.8 Å². The summed E-state index contributed by atoms with van der Waals surface area (Å²) >= 11 is 0. The van der Waals surface area contributed by atoms with Gasteiger partial charge in [-0.2, -0.15) is 0 Å². The van der Waals surface area contributed by atoms with Crippen LogP contribution in [0.25, 0.3) is 0 Å². The van der Waals surface area contributed by atoms with Crippen LogP contribution < -0.4 is 5.32 Å². The molecule has 2 heterocycles. The molecule has 9 heteroatoms. The van der Waals surface area contributed by atoms with E-state index in [0.29, 0.717) is 13.0 Å². The van der Waals surface area contributed by atoms with Crippen molar-refractivity contribution < 1.29 is 28.9 Å². The van der Waals surface area contributed by atoms with Crippen LogP contribution in [0, 0.1) is 0 Å². The van der Waals surface area contributed by atoms with Crippen molar-refractivity contribution in [3.05, 3.63) is 101 Å². The number of carbonyl (C=O) groups is 2. The third-order valence-electron chi connectivity index (χ3n) is 7.04. The first-order valence-electron chi connectivity index (χ1n) is 13.9. The van der Waals surface area contributed by atoms with Crippen LogP contribution in [0.1, 0.15) is 60.6 Å². The number of nitrogens with zero attached hydrogens (tertiary/aromatic N) is 2. The Morgan fingerprint density at radius 1 is 1.05 bits per heavy atom. The van der Waals surface area contributed by atoms with E-state index in [-0.39, 0.29) is 24.7 Å². The summed E-state index contributed by atoms with van der Waals surface area (Å²) in [5, 5.41) is 12.2. The molecule has 0 radical (unpaired) electrons. The highest BCUT2D eigenvalue weighted by atomic mass is 16.7. The second kappa shape index (κ2) is 14.8. The predicted octanol–water partition coefficient (Wildman–Crippen LogP) is 3.86. The van der Waals surface area contributed by atoms with E-state index in [4.69, 9.17) is 14.2 Å². The van der Waals surface area contributed by atoms with Gasteiger partial charge in [0.15, 0.2) is 12.4 Å². The van der Waals surface area contributed by atoms with Gasteiger partial charge in [-0.1, -0.05) is 54.6 Å². The minimum Gasteiger partial charge on any atom is -0.453 e. The molecule has 1 aliphatic rings. The van der Waals surface area contributed by atoms with Gasteiger partial charge in [-0.15, -0.1) is 0 Å². The molecule has 1 aromatic heterocycles. The summed E-state index contributed by atoms with van der Waals surface area (Å²) in [5.41, 5.74) is 4.73. The number of hydrogen-bond donors (Lipinski definition) is 2. The molecule has 0 saturated carbocycles. The number of carbonyl (C=O) groups excluding carboxylic acids is 2. The van der Waals surface area contributed by atoms with E-state index in [1.165, 1.54) is 13.8 Å². The normalized spacial score (nSPS) is 19.5. The maximum absolute atomic E-state index is 12.2. The molecule has 41 heavy (non-hydrogen) atoms. The van der Waals surface area contributed by atoms with Crippen molar-refractivity contribution in [1.82, 2.24) is 15.2 Å². The van der Waals surface area contributed by atoms with Gasteiger partial charge < -0.3 is 29.5 Å². The molecule has 4 atom stereocenters. The maximum atomic E-state index is 12.2. The van der Waals surface area contributed by atoms with Crippen LogP contribution in [0.4, 0.5) is 0 Å². The summed E-state index contributed by atoms with van der Waals surface area (Å²) in [5.74, 6) is -0.849. The number of aliphatic hydroxyl groups is 1. The van der Waals surface area contributed by atoms with E-state index in [9.17, 15) is 14.7 Å². The van der Waals surface area contributed by atoms with Crippen LogP contribution in [0.3, 0.4) is 0 Å². The Morgan fingerprint density at radius 2 is 1.76 bits per heavy atom. The third kappa shape index (κ3) is 9.19. The first-order chi connectivity index (χ1) is 19.8. The molecule has 4 rings (SSSR count). The zero-order chi connectivity index (χ0) is 29.2. The quantitative estimate of drug-likeness (QED) is 0.321. The van der Waals surface area contributed by atoms with Gasteiger partial charge in [-0.25, -0.2) is 0 Å². The molecule has 0 unspecified atom stereocenters. The number of hydrogen-bond acceptors (Lipinski definition) is 8. The number of amides is 1. The van der Waals surface area contributed by atoms with Gasteiger partial charge in [0, 0.05) is 56.9 Å². The lowest BCUT2D eigenvalue weighted by atomic mass is 9.99. The molecule has 1 fully saturated rings. The van der Waals surface area contributed by atoms with Gasteiger partial charge in [-0.05, 0) is 42.8 Å². The fourth-order valence-corrected chi connectivity index (χ4v) is 4.75. The monoisotopic (exact) mass is 561 g/mol. The van der Waals surface area contributed by atoms with E-state index in [0.717, 1.165) is 47.5 Å². The van der Waals surface area contributed by atoms with Crippen LogP contribution in [0.2, 0.25) is 0 Å². The standard InChI is InChI=1S/C32H39N3O6/c1-22(39-23(2)37)31(38)34-19-24-7-13-27(14-8-24)32-40-29(20-35(3)17-15-28-6-4-5-16-33-28)18-30(41-32)26-11-9-25(21-36)10-12-26/h4-14,16,22,29-30,32,36H,15,17-21H2,1-3H3,(H,34,38)/t22-,29-,30+,32+/m0/s1. The summed E-state index contributed by atoms with van der Waals surface area (Å²) in [6.07, 6.45) is 1.73. The molecule has 2 N–H and O–H groups in total. The lowest BCUT2D eigenvalue weighted by molar-refractivity contribution is -0.252. The van der Waals surface area contributed by atoms with E-state index >= 15 is 0 Å². The van der Waals surface area contributed by atoms with Gasteiger partial charge in [0.25, 0.3) is 5.91 Å². The van der Waals surface area contributed by atoms with E-state index in [2.05, 4.69) is 22.2 Å². The molecule has 218 valence electrons. The SMILES string of the molecule is CC(=O)O[C@@H](C)C(=O)NCc1ccc([C@@H]2O[C@H](CN(C)CCc3ccccn3)C[C@H](c3ccc(CO)cc3)O2)cc1. The molecule has 1 saturated heterocycles. The zero-order valence-electron chi connectivity index (χ0n) is 23.9. The number of rotatable bonds is 12. The van der Waals surface area contributed by atoms with Crippen molar-refractivity contribution in [2.75, 3.05) is 20.1 Å². The highest BCUT2D eigenvalue weighted by Crippen LogP contribution is 2.38. The lowest BCUT2D eigenvalue weighted by Crippen LogP contribution is -2.38. The Labute approximate surface area is 241 Å². The predicted molar refractivity (Wildman–Crippen MR) is 153 cm³/mol. The Morgan fingerprint density at radius 3 is 2.41 bits per heavy atom. The lowest BCUT2D eigenvalue weighted by Gasteiger charge is -2.38. The topological polar surface area (TPSA) is 110 Å². The molecular weight excluding hydrogens is 522 g/mol. The molecule has 1 aliphatic heterocycles. The minimum atomic E-state index is -0.849. The highest BCUT2D eigenvalue weighted by Gasteiger charge is 2.32. The van der Waals surface area contributed by atoms with Crippen molar-refractivity contribution in [2.24, 2.45) is 0 Å². The van der Waals surface area contributed by atoms with Gasteiger partial charge in [0.2, 0.25) is 0 Å². The molecule has 1 amide bonds. The highest BCUT2D eigenvalue weighted by molar-refractivity contribution is 5.82. The number of esters is 1. The van der Waals surface area contributed by atoms with Crippen LogP contribution >= 0.6 is 0 Å². The second-order valence-electron chi connectivity index (χ2n) is 10.4. The molecular formula is C32H39N3O6. The van der Waals surface area contributed by atoms with Crippen LogP contribution in [0.15, 0.2) is 72.9 Å². The molecule has 0 bridgehead atoms. The van der Waals surface area contributed by atoms with Gasteiger partial charge >= 0.3 is 5.97 Å². The fourth-order valence-electron chi connectivity index (χ4n) is 4.75. The summed E-state index contributed by atoms with van der Waals surface area (Å²) in [6, 6.07) is 21.5. The number of benzene rings is 2. The molecule has 3 aromatic rings. The Bertz CT molecular complexity index is 1250. The van der Waals surface area contributed by atoms with E-state index in [1.54, 1.807) is 0 Å². The summed E-state index contributed by atoms with van der Waals surface area (Å²) < 4.78 is 17.8. The van der Waals surface area contributed by atoms with Crippen molar-refractivity contribution in [3.8, 4) is 0 Å². The van der Waals surface area contributed by atoms with Gasteiger partial charge in [0.1, 0.15) is 0 Å².